The quantitative estimate of drug-likeness (QED) is 0.584. The standard InChI is InChI=1S/C12H18N2OS/c1-10-2-4-11(5-3-10)16-9-8-14-12(15)6-7-13/h2-5H,6-9,13H2,1H3,(H,14,15). The SMILES string of the molecule is Cc1ccc(SCCNC(=O)CCN)cc1. The van der Waals surface area contributed by atoms with Crippen LogP contribution in [0.3, 0.4) is 0 Å². The summed E-state index contributed by atoms with van der Waals surface area (Å²) < 4.78 is 0. The molecule has 0 radical (unpaired) electrons. The van der Waals surface area contributed by atoms with Gasteiger partial charge < -0.3 is 11.1 Å². The van der Waals surface area contributed by atoms with Gasteiger partial charge in [0.15, 0.2) is 0 Å². The van der Waals surface area contributed by atoms with Crippen LogP contribution in [-0.4, -0.2) is 24.7 Å². The Morgan fingerprint density at radius 2 is 2.06 bits per heavy atom. The molecule has 0 aromatic heterocycles. The molecule has 0 heterocycles. The van der Waals surface area contributed by atoms with Gasteiger partial charge in [-0.15, -0.1) is 11.8 Å². The maximum absolute atomic E-state index is 11.1. The van der Waals surface area contributed by atoms with Crippen LogP contribution in [0.15, 0.2) is 29.2 Å². The average molecular weight is 238 g/mol. The minimum atomic E-state index is 0.0343. The van der Waals surface area contributed by atoms with Crippen LogP contribution in [0.2, 0.25) is 0 Å². The van der Waals surface area contributed by atoms with Crippen LogP contribution in [0.1, 0.15) is 12.0 Å². The van der Waals surface area contributed by atoms with Gasteiger partial charge in [-0.2, -0.15) is 0 Å². The van der Waals surface area contributed by atoms with E-state index in [4.69, 9.17) is 5.73 Å². The molecule has 0 unspecified atom stereocenters. The highest BCUT2D eigenvalue weighted by Gasteiger charge is 1.98. The van der Waals surface area contributed by atoms with Crippen molar-refractivity contribution in [3.8, 4) is 0 Å². The van der Waals surface area contributed by atoms with Crippen molar-refractivity contribution in [2.24, 2.45) is 5.73 Å². The molecule has 16 heavy (non-hydrogen) atoms. The largest absolute Gasteiger partial charge is 0.355 e. The van der Waals surface area contributed by atoms with E-state index in [9.17, 15) is 4.79 Å². The molecule has 4 heteroatoms. The maximum Gasteiger partial charge on any atom is 0.221 e. The predicted molar refractivity (Wildman–Crippen MR) is 68.6 cm³/mol. The molecule has 3 nitrogen and oxygen atoms in total. The van der Waals surface area contributed by atoms with E-state index >= 15 is 0 Å². The first-order chi connectivity index (χ1) is 7.72. The fraction of sp³-hybridized carbons (Fsp3) is 0.417. The lowest BCUT2D eigenvalue weighted by molar-refractivity contribution is -0.120. The molecule has 0 atom stereocenters. The van der Waals surface area contributed by atoms with Crippen LogP contribution >= 0.6 is 11.8 Å². The minimum absolute atomic E-state index is 0.0343. The summed E-state index contributed by atoms with van der Waals surface area (Å²) in [5, 5.41) is 2.83. The normalized spacial score (nSPS) is 10.1. The van der Waals surface area contributed by atoms with Crippen LogP contribution in [0.4, 0.5) is 0 Å². The zero-order chi connectivity index (χ0) is 11.8. The second-order valence-electron chi connectivity index (χ2n) is 3.55. The number of thioether (sulfide) groups is 1. The van der Waals surface area contributed by atoms with Crippen LogP contribution < -0.4 is 11.1 Å². The molecule has 0 aliphatic heterocycles. The highest BCUT2D eigenvalue weighted by atomic mass is 32.2. The Bertz CT molecular complexity index is 324. The third-order valence-corrected chi connectivity index (χ3v) is 3.10. The summed E-state index contributed by atoms with van der Waals surface area (Å²) in [4.78, 5) is 12.3. The number of aryl methyl sites for hydroxylation is 1. The zero-order valence-electron chi connectivity index (χ0n) is 9.53. The predicted octanol–water partition coefficient (Wildman–Crippen LogP) is 1.55. The Labute approximate surface area is 101 Å². The summed E-state index contributed by atoms with van der Waals surface area (Å²) in [6, 6.07) is 8.38. The van der Waals surface area contributed by atoms with Gasteiger partial charge >= 0.3 is 0 Å². The monoisotopic (exact) mass is 238 g/mol. The van der Waals surface area contributed by atoms with Crippen LogP contribution in [-0.2, 0) is 4.79 Å². The van der Waals surface area contributed by atoms with E-state index in [2.05, 4.69) is 36.5 Å². The van der Waals surface area contributed by atoms with Crippen LogP contribution in [0, 0.1) is 6.92 Å². The van der Waals surface area contributed by atoms with Crippen molar-refractivity contribution in [2.45, 2.75) is 18.2 Å². The van der Waals surface area contributed by atoms with Gasteiger partial charge in [0.1, 0.15) is 0 Å². The van der Waals surface area contributed by atoms with E-state index in [0.29, 0.717) is 19.5 Å². The van der Waals surface area contributed by atoms with Gasteiger partial charge in [0.25, 0.3) is 0 Å². The highest BCUT2D eigenvalue weighted by Crippen LogP contribution is 2.17. The van der Waals surface area contributed by atoms with Gasteiger partial charge in [-0.25, -0.2) is 0 Å². The smallest absolute Gasteiger partial charge is 0.221 e. The third-order valence-electron chi connectivity index (χ3n) is 2.09. The molecule has 0 fully saturated rings. The first-order valence-electron chi connectivity index (χ1n) is 5.38. The van der Waals surface area contributed by atoms with E-state index in [1.165, 1.54) is 10.5 Å². The molecule has 1 rings (SSSR count). The molecule has 3 N–H and O–H groups in total. The van der Waals surface area contributed by atoms with Gasteiger partial charge in [0.2, 0.25) is 5.91 Å². The number of carbonyl (C=O) groups excluding carboxylic acids is 1. The summed E-state index contributed by atoms with van der Waals surface area (Å²) >= 11 is 1.74. The van der Waals surface area contributed by atoms with Crippen molar-refractivity contribution < 1.29 is 4.79 Å². The van der Waals surface area contributed by atoms with E-state index in [1.807, 2.05) is 0 Å². The number of carbonyl (C=O) groups is 1. The van der Waals surface area contributed by atoms with Gasteiger partial charge in [0.05, 0.1) is 0 Å². The van der Waals surface area contributed by atoms with Crippen LogP contribution in [0.25, 0.3) is 0 Å². The molecule has 0 bridgehead atoms. The lowest BCUT2D eigenvalue weighted by Crippen LogP contribution is -2.27. The highest BCUT2D eigenvalue weighted by molar-refractivity contribution is 7.99. The van der Waals surface area contributed by atoms with Crippen molar-refractivity contribution in [1.29, 1.82) is 0 Å². The summed E-state index contributed by atoms with van der Waals surface area (Å²) in [6.07, 6.45) is 0.412. The molecular formula is C12H18N2OS. The molecule has 0 spiro atoms. The van der Waals surface area contributed by atoms with Crippen molar-refractivity contribution in [3.63, 3.8) is 0 Å². The van der Waals surface area contributed by atoms with Crippen molar-refractivity contribution in [3.05, 3.63) is 29.8 Å². The van der Waals surface area contributed by atoms with Gasteiger partial charge in [0, 0.05) is 30.2 Å². The molecule has 0 saturated heterocycles. The molecule has 1 aromatic rings. The van der Waals surface area contributed by atoms with Crippen LogP contribution in [0.5, 0.6) is 0 Å². The number of nitrogens with two attached hydrogens (primary N) is 1. The average Bonchev–Trinajstić information content (AvgIpc) is 2.27. The first kappa shape index (κ1) is 13.1. The Kier molecular flexibility index (Phi) is 5.96. The lowest BCUT2D eigenvalue weighted by Gasteiger charge is -2.04. The number of hydrogen-bond acceptors (Lipinski definition) is 3. The molecule has 0 saturated carbocycles. The number of hydrogen-bond donors (Lipinski definition) is 2. The third kappa shape index (κ3) is 5.19. The van der Waals surface area contributed by atoms with Gasteiger partial charge in [-0.1, -0.05) is 17.7 Å². The molecule has 0 aliphatic rings. The second-order valence-corrected chi connectivity index (χ2v) is 4.72. The van der Waals surface area contributed by atoms with Gasteiger partial charge in [-0.05, 0) is 19.1 Å². The Hall–Kier alpha value is -1.00. The zero-order valence-corrected chi connectivity index (χ0v) is 10.3. The Morgan fingerprint density at radius 1 is 1.38 bits per heavy atom. The number of nitrogens with one attached hydrogen (secondary N) is 1. The van der Waals surface area contributed by atoms with Crippen molar-refractivity contribution >= 4 is 17.7 Å². The topological polar surface area (TPSA) is 55.1 Å². The van der Waals surface area contributed by atoms with E-state index in [-0.39, 0.29) is 5.91 Å². The molecule has 1 aromatic carbocycles. The summed E-state index contributed by atoms with van der Waals surface area (Å²) in [5.41, 5.74) is 6.54. The summed E-state index contributed by atoms with van der Waals surface area (Å²) in [6.45, 7) is 3.18. The Morgan fingerprint density at radius 3 is 2.69 bits per heavy atom. The second kappa shape index (κ2) is 7.30. The number of rotatable bonds is 6. The van der Waals surface area contributed by atoms with Crippen molar-refractivity contribution in [2.75, 3.05) is 18.8 Å². The Balaban J connectivity index is 2.16. The van der Waals surface area contributed by atoms with Crippen molar-refractivity contribution in [1.82, 2.24) is 5.32 Å². The molecule has 88 valence electrons. The molecular weight excluding hydrogens is 220 g/mol. The fourth-order valence-electron chi connectivity index (χ4n) is 1.21. The minimum Gasteiger partial charge on any atom is -0.355 e. The molecule has 0 aliphatic carbocycles. The first-order valence-corrected chi connectivity index (χ1v) is 6.37. The number of benzene rings is 1. The van der Waals surface area contributed by atoms with Gasteiger partial charge in [-0.3, -0.25) is 4.79 Å². The van der Waals surface area contributed by atoms with E-state index in [0.717, 1.165) is 5.75 Å². The summed E-state index contributed by atoms with van der Waals surface area (Å²) in [5.74, 6) is 0.923. The molecule has 1 amide bonds. The lowest BCUT2D eigenvalue weighted by atomic mass is 10.2. The maximum atomic E-state index is 11.1. The fourth-order valence-corrected chi connectivity index (χ4v) is 1.98. The van der Waals surface area contributed by atoms with E-state index in [1.54, 1.807) is 11.8 Å². The summed E-state index contributed by atoms with van der Waals surface area (Å²) in [7, 11) is 0. The number of amides is 1. The van der Waals surface area contributed by atoms with E-state index < -0.39 is 0 Å².